The second-order valence-electron chi connectivity index (χ2n) is 7.46. The average Bonchev–Trinajstić information content (AvgIpc) is 3.01. The van der Waals surface area contributed by atoms with Crippen LogP contribution in [-0.4, -0.2) is 20.7 Å². The molecule has 0 spiro atoms. The van der Waals surface area contributed by atoms with Crippen molar-refractivity contribution in [3.63, 3.8) is 0 Å². The topological polar surface area (TPSA) is 92.5 Å². The zero-order valence-electron chi connectivity index (χ0n) is 16.7. The van der Waals surface area contributed by atoms with Crippen LogP contribution in [0.3, 0.4) is 0 Å². The van der Waals surface area contributed by atoms with Gasteiger partial charge in [0.1, 0.15) is 6.07 Å². The number of rotatable bonds is 3. The molecular formula is C21H23F3N6. The summed E-state index contributed by atoms with van der Waals surface area (Å²) in [5.74, 6) is 4.21. The number of nitrogens with zero attached hydrogens (tertiary/aromatic N) is 4. The molecular weight excluding hydrogens is 393 g/mol. The Morgan fingerprint density at radius 2 is 1.93 bits per heavy atom. The van der Waals surface area contributed by atoms with E-state index in [2.05, 4.69) is 26.0 Å². The third-order valence-corrected chi connectivity index (χ3v) is 5.19. The molecule has 3 heterocycles. The van der Waals surface area contributed by atoms with Gasteiger partial charge in [-0.05, 0) is 37.5 Å². The molecule has 1 saturated carbocycles. The quantitative estimate of drug-likeness (QED) is 0.453. The highest BCUT2D eigenvalue weighted by Gasteiger charge is 2.31. The SMILES string of the molecule is CC(C)C(F)(F)F.N#Cc1c(-c2ccc(NN)cn2)n(C2CCC2)c2cnccc12. The predicted molar refractivity (Wildman–Crippen MR) is 109 cm³/mol. The molecule has 3 aromatic heterocycles. The summed E-state index contributed by atoms with van der Waals surface area (Å²) in [6, 6.07) is 8.44. The molecule has 158 valence electrons. The van der Waals surface area contributed by atoms with E-state index < -0.39 is 12.1 Å². The van der Waals surface area contributed by atoms with E-state index >= 15 is 0 Å². The van der Waals surface area contributed by atoms with Crippen molar-refractivity contribution < 1.29 is 13.2 Å². The van der Waals surface area contributed by atoms with Crippen LogP contribution in [0.4, 0.5) is 18.9 Å². The van der Waals surface area contributed by atoms with Crippen LogP contribution < -0.4 is 11.3 Å². The first-order chi connectivity index (χ1) is 14.3. The lowest BCUT2D eigenvalue weighted by Gasteiger charge is -2.29. The minimum atomic E-state index is -4.00. The third-order valence-electron chi connectivity index (χ3n) is 5.19. The molecule has 0 saturated heterocycles. The molecule has 1 aliphatic carbocycles. The molecule has 1 fully saturated rings. The van der Waals surface area contributed by atoms with Crippen LogP contribution in [0.25, 0.3) is 22.3 Å². The largest absolute Gasteiger partial charge is 0.391 e. The van der Waals surface area contributed by atoms with Crippen molar-refractivity contribution in [2.45, 2.75) is 45.3 Å². The molecule has 3 N–H and O–H groups in total. The minimum Gasteiger partial charge on any atom is -0.334 e. The van der Waals surface area contributed by atoms with E-state index in [1.54, 1.807) is 12.4 Å². The normalized spacial score (nSPS) is 14.1. The minimum absolute atomic E-state index is 0.410. The van der Waals surface area contributed by atoms with Gasteiger partial charge in [0.15, 0.2) is 0 Å². The molecule has 4 rings (SSSR count). The number of hydrogen-bond donors (Lipinski definition) is 2. The van der Waals surface area contributed by atoms with Crippen molar-refractivity contribution in [3.8, 4) is 17.5 Å². The number of halogens is 3. The highest BCUT2D eigenvalue weighted by Crippen LogP contribution is 2.41. The number of hydrogen-bond acceptors (Lipinski definition) is 5. The van der Waals surface area contributed by atoms with Gasteiger partial charge in [0, 0.05) is 23.5 Å². The van der Waals surface area contributed by atoms with Crippen molar-refractivity contribution in [2.75, 3.05) is 5.43 Å². The van der Waals surface area contributed by atoms with Crippen molar-refractivity contribution in [2.24, 2.45) is 11.8 Å². The number of pyridine rings is 2. The van der Waals surface area contributed by atoms with Crippen LogP contribution in [0.15, 0.2) is 36.8 Å². The molecule has 0 aliphatic heterocycles. The van der Waals surface area contributed by atoms with Gasteiger partial charge in [0.2, 0.25) is 0 Å². The number of anilines is 1. The number of fused-ring (bicyclic) bond motifs is 1. The van der Waals surface area contributed by atoms with Crippen LogP contribution in [0.1, 0.15) is 44.7 Å². The van der Waals surface area contributed by atoms with Gasteiger partial charge in [-0.25, -0.2) is 0 Å². The summed E-state index contributed by atoms with van der Waals surface area (Å²) in [5.41, 5.74) is 6.64. The molecule has 0 aromatic carbocycles. The van der Waals surface area contributed by atoms with E-state index in [4.69, 9.17) is 5.84 Å². The molecule has 30 heavy (non-hydrogen) atoms. The molecule has 0 bridgehead atoms. The second-order valence-corrected chi connectivity index (χ2v) is 7.46. The monoisotopic (exact) mass is 416 g/mol. The number of hydrazine groups is 1. The molecule has 9 heteroatoms. The number of aromatic nitrogens is 3. The molecule has 1 aliphatic rings. The van der Waals surface area contributed by atoms with Gasteiger partial charge in [0.25, 0.3) is 0 Å². The highest BCUT2D eigenvalue weighted by atomic mass is 19.4. The zero-order chi connectivity index (χ0) is 21.9. The van der Waals surface area contributed by atoms with E-state index in [9.17, 15) is 18.4 Å². The Bertz CT molecular complexity index is 1040. The van der Waals surface area contributed by atoms with Gasteiger partial charge in [-0.1, -0.05) is 13.8 Å². The van der Waals surface area contributed by atoms with Crippen molar-refractivity contribution in [1.82, 2.24) is 14.5 Å². The van der Waals surface area contributed by atoms with Gasteiger partial charge in [-0.2, -0.15) is 18.4 Å². The number of nitriles is 1. The maximum atomic E-state index is 11.2. The van der Waals surface area contributed by atoms with E-state index in [1.165, 1.54) is 6.42 Å². The first kappa shape index (κ1) is 21.6. The Morgan fingerprint density at radius 1 is 1.23 bits per heavy atom. The lowest BCUT2D eigenvalue weighted by atomic mass is 9.92. The molecule has 3 aromatic rings. The van der Waals surface area contributed by atoms with Gasteiger partial charge < -0.3 is 9.99 Å². The van der Waals surface area contributed by atoms with E-state index in [1.807, 2.05) is 24.4 Å². The molecule has 0 radical (unpaired) electrons. The predicted octanol–water partition coefficient (Wildman–Crippen LogP) is 5.19. The fourth-order valence-electron chi connectivity index (χ4n) is 3.17. The van der Waals surface area contributed by atoms with E-state index in [0.29, 0.717) is 11.6 Å². The number of alkyl halides is 3. The smallest absolute Gasteiger partial charge is 0.334 e. The highest BCUT2D eigenvalue weighted by molar-refractivity contribution is 5.93. The maximum absolute atomic E-state index is 11.2. The lowest BCUT2D eigenvalue weighted by Crippen LogP contribution is -2.18. The fourth-order valence-corrected chi connectivity index (χ4v) is 3.17. The third kappa shape index (κ3) is 4.24. The summed E-state index contributed by atoms with van der Waals surface area (Å²) in [4.78, 5) is 8.74. The standard InChI is InChI=1S/C17H16N6.C4H7F3/c18-8-14-13-6-7-20-10-16(13)23(12-2-1-3-12)17(14)15-5-4-11(22-19)9-21-15;1-3(2)4(5,6)7/h4-7,9-10,12,22H,1-3,19H2;3H,1-2H3. The Morgan fingerprint density at radius 3 is 2.40 bits per heavy atom. The number of nitrogens with two attached hydrogens (primary N) is 1. The molecule has 0 atom stereocenters. The average molecular weight is 416 g/mol. The zero-order valence-corrected chi connectivity index (χ0v) is 16.7. The Labute approximate surface area is 172 Å². The fraction of sp³-hybridized carbons (Fsp3) is 0.381. The van der Waals surface area contributed by atoms with Gasteiger partial charge in [-0.15, -0.1) is 0 Å². The lowest BCUT2D eigenvalue weighted by molar-refractivity contribution is -0.164. The van der Waals surface area contributed by atoms with E-state index in [-0.39, 0.29) is 0 Å². The van der Waals surface area contributed by atoms with Crippen LogP contribution in [0.2, 0.25) is 0 Å². The summed E-state index contributed by atoms with van der Waals surface area (Å²) < 4.78 is 35.8. The van der Waals surface area contributed by atoms with Gasteiger partial charge >= 0.3 is 6.18 Å². The van der Waals surface area contributed by atoms with Crippen LogP contribution in [0.5, 0.6) is 0 Å². The van der Waals surface area contributed by atoms with Crippen molar-refractivity contribution in [3.05, 3.63) is 42.4 Å². The van der Waals surface area contributed by atoms with Crippen LogP contribution >= 0.6 is 0 Å². The Kier molecular flexibility index (Phi) is 6.27. The molecule has 6 nitrogen and oxygen atoms in total. The van der Waals surface area contributed by atoms with Gasteiger partial charge in [0.05, 0.1) is 40.5 Å². The Balaban J connectivity index is 0.000000318. The van der Waals surface area contributed by atoms with Crippen LogP contribution in [0, 0.1) is 17.2 Å². The maximum Gasteiger partial charge on any atom is 0.391 e. The summed E-state index contributed by atoms with van der Waals surface area (Å²) in [6.45, 7) is 2.25. The summed E-state index contributed by atoms with van der Waals surface area (Å²) in [6.07, 6.45) is 4.71. The second kappa shape index (κ2) is 8.71. The van der Waals surface area contributed by atoms with Gasteiger partial charge in [-0.3, -0.25) is 15.8 Å². The summed E-state index contributed by atoms with van der Waals surface area (Å²) in [7, 11) is 0. The first-order valence-electron chi connectivity index (χ1n) is 9.65. The summed E-state index contributed by atoms with van der Waals surface area (Å²) in [5, 5.41) is 10.7. The number of nitrogen functional groups attached to an aromatic ring is 1. The first-order valence-corrected chi connectivity index (χ1v) is 9.65. The molecule has 0 unspecified atom stereocenters. The van der Waals surface area contributed by atoms with Crippen LogP contribution in [-0.2, 0) is 0 Å². The van der Waals surface area contributed by atoms with Crippen molar-refractivity contribution in [1.29, 1.82) is 5.26 Å². The Hall–Kier alpha value is -3.12. The molecule has 0 amide bonds. The van der Waals surface area contributed by atoms with Crippen molar-refractivity contribution >= 4 is 16.6 Å². The number of nitrogens with one attached hydrogen (secondary N) is 1. The van der Waals surface area contributed by atoms with E-state index in [0.717, 1.165) is 54.7 Å². The summed E-state index contributed by atoms with van der Waals surface area (Å²) >= 11 is 0.